The Hall–Kier alpha value is -1.60. The molecule has 0 spiro atoms. The summed E-state index contributed by atoms with van der Waals surface area (Å²) in [4.78, 5) is 14.3. The van der Waals surface area contributed by atoms with Crippen molar-refractivity contribution in [2.75, 3.05) is 26.2 Å². The topological polar surface area (TPSA) is 69.7 Å². The third kappa shape index (κ3) is 5.20. The summed E-state index contributed by atoms with van der Waals surface area (Å²) in [6.45, 7) is 7.66. The van der Waals surface area contributed by atoms with E-state index in [1.165, 1.54) is 4.31 Å². The van der Waals surface area contributed by atoms with Crippen LogP contribution >= 0.6 is 0 Å². The van der Waals surface area contributed by atoms with Gasteiger partial charge in [-0.05, 0) is 37.5 Å². The molecule has 1 aromatic rings. The molecule has 1 aliphatic rings. The van der Waals surface area contributed by atoms with E-state index in [2.05, 4.69) is 19.2 Å². The lowest BCUT2D eigenvalue weighted by atomic mass is 10.1. The number of amides is 2. The quantitative estimate of drug-likeness (QED) is 0.789. The van der Waals surface area contributed by atoms with Gasteiger partial charge in [0.1, 0.15) is 0 Å². The average molecular weight is 382 g/mol. The lowest BCUT2D eigenvalue weighted by Crippen LogP contribution is -2.54. The van der Waals surface area contributed by atoms with E-state index in [1.807, 2.05) is 19.1 Å². The Bertz CT molecular complexity index is 680. The van der Waals surface area contributed by atoms with Gasteiger partial charge in [0.05, 0.1) is 4.90 Å². The summed E-state index contributed by atoms with van der Waals surface area (Å²) in [6.07, 6.45) is 3.94. The van der Waals surface area contributed by atoms with Gasteiger partial charge in [-0.2, -0.15) is 4.31 Å². The number of sulfonamides is 1. The molecule has 2 rings (SSSR count). The first-order valence-electron chi connectivity index (χ1n) is 9.53. The summed E-state index contributed by atoms with van der Waals surface area (Å²) < 4.78 is 27.1. The molecule has 1 heterocycles. The lowest BCUT2D eigenvalue weighted by molar-refractivity contribution is 0.169. The maximum atomic E-state index is 12.8. The summed E-state index contributed by atoms with van der Waals surface area (Å²) in [5.41, 5.74) is 1.15. The second-order valence-corrected chi connectivity index (χ2v) is 8.86. The molecule has 0 bridgehead atoms. The first-order valence-corrected chi connectivity index (χ1v) is 11.0. The van der Waals surface area contributed by atoms with Crippen molar-refractivity contribution < 1.29 is 13.2 Å². The number of rotatable bonds is 7. The van der Waals surface area contributed by atoms with Crippen LogP contribution in [0.3, 0.4) is 0 Å². The fourth-order valence-corrected chi connectivity index (χ4v) is 4.63. The molecule has 2 amide bonds. The molecule has 0 aromatic heterocycles. The number of aryl methyl sites for hydroxylation is 1. The Morgan fingerprint density at radius 1 is 1.08 bits per heavy atom. The molecule has 1 aromatic carbocycles. The maximum Gasteiger partial charge on any atom is 0.317 e. The minimum absolute atomic E-state index is 0.105. The van der Waals surface area contributed by atoms with Gasteiger partial charge in [-0.25, -0.2) is 13.2 Å². The Labute approximate surface area is 157 Å². The van der Waals surface area contributed by atoms with Crippen molar-refractivity contribution in [1.82, 2.24) is 14.5 Å². The minimum Gasteiger partial charge on any atom is -0.336 e. The smallest absolute Gasteiger partial charge is 0.317 e. The van der Waals surface area contributed by atoms with Gasteiger partial charge in [0.15, 0.2) is 0 Å². The second-order valence-electron chi connectivity index (χ2n) is 6.92. The van der Waals surface area contributed by atoms with Gasteiger partial charge >= 0.3 is 6.03 Å². The van der Waals surface area contributed by atoms with Crippen molar-refractivity contribution in [2.45, 2.75) is 57.4 Å². The van der Waals surface area contributed by atoms with E-state index in [1.54, 1.807) is 17.0 Å². The Morgan fingerprint density at radius 2 is 1.69 bits per heavy atom. The highest BCUT2D eigenvalue weighted by atomic mass is 32.2. The largest absolute Gasteiger partial charge is 0.336 e. The summed E-state index contributed by atoms with van der Waals surface area (Å²) in [5, 5.41) is 2.97. The zero-order valence-corrected chi connectivity index (χ0v) is 16.9. The Morgan fingerprint density at radius 3 is 2.23 bits per heavy atom. The monoisotopic (exact) mass is 381 g/mol. The highest BCUT2D eigenvalue weighted by molar-refractivity contribution is 7.89. The third-order valence-corrected chi connectivity index (χ3v) is 6.63. The molecule has 6 nitrogen and oxygen atoms in total. The van der Waals surface area contributed by atoms with Crippen LogP contribution in [0.1, 0.15) is 45.6 Å². The van der Waals surface area contributed by atoms with Crippen molar-refractivity contribution >= 4 is 16.1 Å². The van der Waals surface area contributed by atoms with E-state index in [4.69, 9.17) is 0 Å². The molecule has 0 saturated carbocycles. The van der Waals surface area contributed by atoms with Gasteiger partial charge in [-0.15, -0.1) is 0 Å². The van der Waals surface area contributed by atoms with Gasteiger partial charge in [0.2, 0.25) is 10.0 Å². The number of carbonyl (C=O) groups is 1. The van der Waals surface area contributed by atoms with Crippen molar-refractivity contribution in [3.8, 4) is 0 Å². The first-order chi connectivity index (χ1) is 12.4. The highest BCUT2D eigenvalue weighted by Gasteiger charge is 2.30. The molecule has 0 radical (unpaired) electrons. The average Bonchev–Trinajstić information content (AvgIpc) is 2.62. The normalized spacial score (nSPS) is 17.1. The van der Waals surface area contributed by atoms with Crippen LogP contribution in [0.4, 0.5) is 4.79 Å². The number of piperazine rings is 1. The van der Waals surface area contributed by atoms with Crippen LogP contribution in [-0.4, -0.2) is 55.9 Å². The molecule has 146 valence electrons. The van der Waals surface area contributed by atoms with Crippen molar-refractivity contribution in [3.63, 3.8) is 0 Å². The standard InChI is InChI=1S/C19H31N3O3S/c1-4-6-16(3)20-19(23)21-12-14-22(15-13-21)26(24,25)18-10-8-17(7-5-2)9-11-18/h8-11,16H,4-7,12-15H2,1-3H3,(H,20,23)/t16-/m1/s1. The Kier molecular flexibility index (Phi) is 7.46. The van der Waals surface area contributed by atoms with Gasteiger partial charge in [0.25, 0.3) is 0 Å². The van der Waals surface area contributed by atoms with Gasteiger partial charge < -0.3 is 10.2 Å². The molecule has 1 aliphatic heterocycles. The van der Waals surface area contributed by atoms with Crippen molar-refractivity contribution in [3.05, 3.63) is 29.8 Å². The van der Waals surface area contributed by atoms with E-state index >= 15 is 0 Å². The third-order valence-electron chi connectivity index (χ3n) is 4.72. The van der Waals surface area contributed by atoms with E-state index < -0.39 is 10.0 Å². The van der Waals surface area contributed by atoms with E-state index in [0.29, 0.717) is 31.1 Å². The number of benzene rings is 1. The first kappa shape index (κ1) is 20.7. The molecule has 1 N–H and O–H groups in total. The van der Waals surface area contributed by atoms with Crippen LogP contribution in [0.2, 0.25) is 0 Å². The number of carbonyl (C=O) groups excluding carboxylic acids is 1. The van der Waals surface area contributed by atoms with Crippen LogP contribution in [0.15, 0.2) is 29.2 Å². The minimum atomic E-state index is -3.50. The van der Waals surface area contributed by atoms with E-state index in [0.717, 1.165) is 31.2 Å². The van der Waals surface area contributed by atoms with E-state index in [9.17, 15) is 13.2 Å². The molecule has 26 heavy (non-hydrogen) atoms. The Balaban J connectivity index is 1.94. The van der Waals surface area contributed by atoms with Crippen LogP contribution in [0.25, 0.3) is 0 Å². The number of hydrogen-bond donors (Lipinski definition) is 1. The molecule has 0 aliphatic carbocycles. The predicted molar refractivity (Wildman–Crippen MR) is 104 cm³/mol. The highest BCUT2D eigenvalue weighted by Crippen LogP contribution is 2.19. The fraction of sp³-hybridized carbons (Fsp3) is 0.632. The molecular formula is C19H31N3O3S. The molecule has 1 fully saturated rings. The number of nitrogens with one attached hydrogen (secondary N) is 1. The molecule has 7 heteroatoms. The van der Waals surface area contributed by atoms with E-state index in [-0.39, 0.29) is 12.1 Å². The van der Waals surface area contributed by atoms with Crippen molar-refractivity contribution in [2.24, 2.45) is 0 Å². The lowest BCUT2D eigenvalue weighted by Gasteiger charge is -2.34. The zero-order chi connectivity index (χ0) is 19.2. The zero-order valence-electron chi connectivity index (χ0n) is 16.1. The van der Waals surface area contributed by atoms with Crippen LogP contribution in [0.5, 0.6) is 0 Å². The molecule has 0 unspecified atom stereocenters. The van der Waals surface area contributed by atoms with Crippen LogP contribution in [-0.2, 0) is 16.4 Å². The molecule has 1 saturated heterocycles. The molecule has 1 atom stereocenters. The number of urea groups is 1. The summed E-state index contributed by atoms with van der Waals surface area (Å²) in [7, 11) is -3.50. The van der Waals surface area contributed by atoms with Crippen LogP contribution < -0.4 is 5.32 Å². The summed E-state index contributed by atoms with van der Waals surface area (Å²) in [5.74, 6) is 0. The second kappa shape index (κ2) is 9.37. The summed E-state index contributed by atoms with van der Waals surface area (Å²) >= 11 is 0. The summed E-state index contributed by atoms with van der Waals surface area (Å²) in [6, 6.07) is 7.17. The van der Waals surface area contributed by atoms with Crippen molar-refractivity contribution in [1.29, 1.82) is 0 Å². The SMILES string of the molecule is CCCc1ccc(S(=O)(=O)N2CCN(C(=O)N[C@H](C)CCC)CC2)cc1. The predicted octanol–water partition coefficient (Wildman–Crippen LogP) is 2.84. The van der Waals surface area contributed by atoms with Gasteiger partial charge in [0, 0.05) is 32.2 Å². The van der Waals surface area contributed by atoms with Gasteiger partial charge in [-0.3, -0.25) is 0 Å². The maximum absolute atomic E-state index is 12.8. The number of hydrogen-bond acceptors (Lipinski definition) is 3. The van der Waals surface area contributed by atoms with Crippen LogP contribution in [0, 0.1) is 0 Å². The fourth-order valence-electron chi connectivity index (χ4n) is 3.20. The molecular weight excluding hydrogens is 350 g/mol. The van der Waals surface area contributed by atoms with Gasteiger partial charge in [-0.1, -0.05) is 38.8 Å². The number of nitrogens with zero attached hydrogens (tertiary/aromatic N) is 2.